The van der Waals surface area contributed by atoms with Gasteiger partial charge in [0.05, 0.1) is 30.9 Å². The molecule has 1 saturated carbocycles. The van der Waals surface area contributed by atoms with Gasteiger partial charge in [-0.3, -0.25) is 4.98 Å². The lowest BCUT2D eigenvalue weighted by Crippen LogP contribution is -2.45. The second-order valence-corrected chi connectivity index (χ2v) is 9.84. The molecule has 5 rings (SSSR count). The van der Waals surface area contributed by atoms with E-state index in [0.717, 1.165) is 66.6 Å². The van der Waals surface area contributed by atoms with Gasteiger partial charge < -0.3 is 14.4 Å². The van der Waals surface area contributed by atoms with Gasteiger partial charge in [-0.15, -0.1) is 0 Å². The molecular weight excluding hydrogens is 422 g/mol. The van der Waals surface area contributed by atoms with E-state index in [2.05, 4.69) is 67.3 Å². The average Bonchev–Trinajstić information content (AvgIpc) is 2.87. The van der Waals surface area contributed by atoms with Gasteiger partial charge in [-0.25, -0.2) is 0 Å². The molecule has 0 spiro atoms. The Balaban J connectivity index is 1.46. The molecule has 1 aliphatic carbocycles. The van der Waals surface area contributed by atoms with Gasteiger partial charge in [-0.2, -0.15) is 5.26 Å². The van der Waals surface area contributed by atoms with Crippen molar-refractivity contribution >= 4 is 16.6 Å². The molecule has 0 amide bonds. The Morgan fingerprint density at radius 1 is 1.00 bits per heavy atom. The number of fused-ring (bicyclic) bond motifs is 1. The zero-order valence-electron chi connectivity index (χ0n) is 20.3. The average molecular weight is 456 g/mol. The normalized spacial score (nSPS) is 25.2. The number of nitrogens with zero attached hydrogens (tertiary/aromatic N) is 3. The third-order valence-electron chi connectivity index (χ3n) is 7.40. The Morgan fingerprint density at radius 3 is 2.35 bits per heavy atom. The summed E-state index contributed by atoms with van der Waals surface area (Å²) < 4.78 is 11.8. The predicted octanol–water partition coefficient (Wildman–Crippen LogP) is 6.32. The highest BCUT2D eigenvalue weighted by Gasteiger charge is 2.25. The maximum atomic E-state index is 9.25. The van der Waals surface area contributed by atoms with E-state index in [1.807, 2.05) is 6.20 Å². The van der Waals surface area contributed by atoms with Crippen LogP contribution in [-0.4, -0.2) is 37.4 Å². The number of ether oxygens (including phenoxy) is 2. The second kappa shape index (κ2) is 9.64. The molecule has 0 unspecified atom stereocenters. The lowest BCUT2D eigenvalue weighted by molar-refractivity contribution is -0.00521. The van der Waals surface area contributed by atoms with Crippen LogP contribution >= 0.6 is 0 Å². The predicted molar refractivity (Wildman–Crippen MR) is 136 cm³/mol. The van der Waals surface area contributed by atoms with Crippen molar-refractivity contribution in [1.29, 1.82) is 5.26 Å². The van der Waals surface area contributed by atoms with Crippen molar-refractivity contribution in [2.45, 2.75) is 57.7 Å². The SMILES string of the molecule is COc1c(-c2ccc(N3C[C@@H](C)O[C@@H](C)C3)cc2)cnc2c(C3CCC(C#N)CC3)cccc12. The highest BCUT2D eigenvalue weighted by Crippen LogP contribution is 2.42. The van der Waals surface area contributed by atoms with Crippen LogP contribution in [-0.2, 0) is 4.74 Å². The molecule has 2 aliphatic rings. The van der Waals surface area contributed by atoms with Gasteiger partial charge >= 0.3 is 0 Å². The van der Waals surface area contributed by atoms with Crippen molar-refractivity contribution < 1.29 is 9.47 Å². The summed E-state index contributed by atoms with van der Waals surface area (Å²) in [6.07, 6.45) is 6.46. The Morgan fingerprint density at radius 2 is 1.71 bits per heavy atom. The topological polar surface area (TPSA) is 58.4 Å². The summed E-state index contributed by atoms with van der Waals surface area (Å²) in [5, 5.41) is 10.3. The molecule has 0 radical (unpaired) electrons. The minimum Gasteiger partial charge on any atom is -0.495 e. The standard InChI is InChI=1S/C29H33N3O2/c1-19-17-32(18-20(2)34-19)24-13-11-23(12-14-24)27-16-31-28-25(5-4-6-26(28)29(27)33-3)22-9-7-21(15-30)8-10-22/h4-6,11-14,16,19-22H,7-10,17-18H2,1-3H3/t19-,20+,21?,22?. The smallest absolute Gasteiger partial charge is 0.137 e. The lowest BCUT2D eigenvalue weighted by Gasteiger charge is -2.36. The van der Waals surface area contributed by atoms with E-state index in [9.17, 15) is 5.26 Å². The first-order chi connectivity index (χ1) is 16.6. The third kappa shape index (κ3) is 4.35. The number of nitriles is 1. The number of methoxy groups -OCH3 is 1. The van der Waals surface area contributed by atoms with E-state index in [4.69, 9.17) is 14.5 Å². The summed E-state index contributed by atoms with van der Waals surface area (Å²) in [5.41, 5.74) is 5.63. The number of benzene rings is 2. The first-order valence-corrected chi connectivity index (χ1v) is 12.4. The van der Waals surface area contributed by atoms with Crippen LogP contribution in [0.3, 0.4) is 0 Å². The molecule has 0 N–H and O–H groups in total. The van der Waals surface area contributed by atoms with E-state index < -0.39 is 0 Å². The molecule has 1 saturated heterocycles. The second-order valence-electron chi connectivity index (χ2n) is 9.84. The Labute approximate surface area is 202 Å². The van der Waals surface area contributed by atoms with Crippen molar-refractivity contribution in [2.75, 3.05) is 25.1 Å². The van der Waals surface area contributed by atoms with Gasteiger partial charge in [0, 0.05) is 41.8 Å². The number of pyridine rings is 1. The fourth-order valence-corrected chi connectivity index (χ4v) is 5.75. The summed E-state index contributed by atoms with van der Waals surface area (Å²) in [5.74, 6) is 1.53. The highest BCUT2D eigenvalue weighted by atomic mass is 16.5. The Kier molecular flexibility index (Phi) is 6.43. The van der Waals surface area contributed by atoms with Gasteiger partial charge in [-0.05, 0) is 74.8 Å². The van der Waals surface area contributed by atoms with Crippen molar-refractivity contribution in [3.63, 3.8) is 0 Å². The summed E-state index contributed by atoms with van der Waals surface area (Å²) in [6.45, 7) is 6.07. The van der Waals surface area contributed by atoms with Crippen LogP contribution in [0.15, 0.2) is 48.7 Å². The molecule has 2 fully saturated rings. The van der Waals surface area contributed by atoms with Crippen LogP contribution in [0.4, 0.5) is 5.69 Å². The van der Waals surface area contributed by atoms with E-state index in [0.29, 0.717) is 5.92 Å². The minimum atomic E-state index is 0.201. The van der Waals surface area contributed by atoms with E-state index in [1.165, 1.54) is 11.3 Å². The molecule has 0 bridgehead atoms. The molecule has 176 valence electrons. The van der Waals surface area contributed by atoms with Crippen molar-refractivity contribution in [3.05, 3.63) is 54.2 Å². The first-order valence-electron chi connectivity index (χ1n) is 12.4. The van der Waals surface area contributed by atoms with Crippen LogP contribution in [0.2, 0.25) is 0 Å². The molecule has 2 atom stereocenters. The molecule has 34 heavy (non-hydrogen) atoms. The van der Waals surface area contributed by atoms with Gasteiger partial charge in [0.1, 0.15) is 5.75 Å². The number of para-hydroxylation sites is 1. The molecule has 1 aromatic heterocycles. The first kappa shape index (κ1) is 22.7. The molecule has 2 aromatic carbocycles. The van der Waals surface area contributed by atoms with Crippen molar-refractivity contribution in [1.82, 2.24) is 4.98 Å². The van der Waals surface area contributed by atoms with Gasteiger partial charge in [-0.1, -0.05) is 24.3 Å². The maximum Gasteiger partial charge on any atom is 0.137 e. The molecule has 2 heterocycles. The minimum absolute atomic E-state index is 0.201. The molecular formula is C29H33N3O2. The van der Waals surface area contributed by atoms with Gasteiger partial charge in [0.2, 0.25) is 0 Å². The fraction of sp³-hybridized carbons (Fsp3) is 0.448. The number of hydrogen-bond acceptors (Lipinski definition) is 5. The monoisotopic (exact) mass is 455 g/mol. The van der Waals surface area contributed by atoms with Crippen molar-refractivity contribution in [3.8, 4) is 22.9 Å². The van der Waals surface area contributed by atoms with Gasteiger partial charge in [0.25, 0.3) is 0 Å². The number of hydrogen-bond donors (Lipinski definition) is 0. The lowest BCUT2D eigenvalue weighted by atomic mass is 9.78. The summed E-state index contributed by atoms with van der Waals surface area (Å²) >= 11 is 0. The zero-order chi connectivity index (χ0) is 23.7. The summed E-state index contributed by atoms with van der Waals surface area (Å²) in [6, 6.07) is 17.6. The molecule has 5 nitrogen and oxygen atoms in total. The fourth-order valence-electron chi connectivity index (χ4n) is 5.75. The van der Waals surface area contributed by atoms with Gasteiger partial charge in [0.15, 0.2) is 0 Å². The Hall–Kier alpha value is -3.10. The van der Waals surface area contributed by atoms with E-state index >= 15 is 0 Å². The quantitative estimate of drug-likeness (QED) is 0.461. The largest absolute Gasteiger partial charge is 0.495 e. The zero-order valence-corrected chi connectivity index (χ0v) is 20.3. The molecule has 1 aliphatic heterocycles. The highest BCUT2D eigenvalue weighted by molar-refractivity contribution is 5.94. The molecule has 5 heteroatoms. The van der Waals surface area contributed by atoms with E-state index in [1.54, 1.807) is 7.11 Å². The molecule has 3 aromatic rings. The summed E-state index contributed by atoms with van der Waals surface area (Å²) in [4.78, 5) is 7.34. The number of aromatic nitrogens is 1. The summed E-state index contributed by atoms with van der Waals surface area (Å²) in [7, 11) is 1.74. The van der Waals surface area contributed by atoms with Crippen LogP contribution in [0.25, 0.3) is 22.0 Å². The van der Waals surface area contributed by atoms with Crippen molar-refractivity contribution in [2.24, 2.45) is 5.92 Å². The third-order valence-corrected chi connectivity index (χ3v) is 7.40. The maximum absolute atomic E-state index is 9.25. The number of anilines is 1. The van der Waals surface area contributed by atoms with Crippen LogP contribution < -0.4 is 9.64 Å². The Bertz CT molecular complexity index is 1180. The van der Waals surface area contributed by atoms with E-state index in [-0.39, 0.29) is 18.1 Å². The van der Waals surface area contributed by atoms with Crippen LogP contribution in [0, 0.1) is 17.2 Å². The van der Waals surface area contributed by atoms with Crippen LogP contribution in [0.1, 0.15) is 51.0 Å². The number of morpholine rings is 1. The van der Waals surface area contributed by atoms with Crippen LogP contribution in [0.5, 0.6) is 5.75 Å². The number of rotatable bonds is 4.